The lowest BCUT2D eigenvalue weighted by Crippen LogP contribution is -2.52. The molecule has 1 unspecified atom stereocenters. The first kappa shape index (κ1) is 30.1. The number of ether oxygens (including phenoxy) is 1. The Bertz CT molecular complexity index is 1830. The van der Waals surface area contributed by atoms with Gasteiger partial charge in [0.15, 0.2) is 6.61 Å². The molecule has 5 rings (SSSR count). The lowest BCUT2D eigenvalue weighted by molar-refractivity contribution is -0.138. The number of hydrazine groups is 1. The highest BCUT2D eigenvalue weighted by atomic mass is 32.2. The van der Waals surface area contributed by atoms with Crippen molar-refractivity contribution in [1.82, 2.24) is 15.6 Å². The SMILES string of the molecule is CC(=O)CCC(NC(=O)C1CCN(C(=O)COc2ccc3ccc4ccc(S(=O)(=O)O)c5ccc2c3c45)CC1)C(=O)NN. The van der Waals surface area contributed by atoms with Crippen LogP contribution in [0.2, 0.25) is 0 Å². The minimum atomic E-state index is -4.44. The third kappa shape index (κ3) is 6.24. The van der Waals surface area contributed by atoms with Crippen molar-refractivity contribution in [2.24, 2.45) is 11.8 Å². The number of piperidine rings is 1. The number of amides is 3. The Kier molecular flexibility index (Phi) is 8.49. The van der Waals surface area contributed by atoms with Gasteiger partial charge in [-0.25, -0.2) is 5.84 Å². The van der Waals surface area contributed by atoms with Crippen molar-refractivity contribution in [2.45, 2.75) is 43.5 Å². The lowest BCUT2D eigenvalue weighted by Gasteiger charge is -2.32. The zero-order valence-electron chi connectivity index (χ0n) is 23.5. The fourth-order valence-corrected chi connectivity index (χ4v) is 6.41. The fourth-order valence-electron chi connectivity index (χ4n) is 5.73. The number of carbonyl (C=O) groups excluding carboxylic acids is 4. The molecule has 1 aliphatic rings. The number of hydrogen-bond donors (Lipinski definition) is 4. The normalized spacial score (nSPS) is 15.1. The van der Waals surface area contributed by atoms with Crippen LogP contribution in [0.25, 0.3) is 32.3 Å². The van der Waals surface area contributed by atoms with Gasteiger partial charge >= 0.3 is 0 Å². The van der Waals surface area contributed by atoms with Crippen molar-refractivity contribution in [2.75, 3.05) is 19.7 Å². The van der Waals surface area contributed by atoms with Crippen LogP contribution in [0, 0.1) is 5.92 Å². The number of ketones is 1. The molecule has 3 amide bonds. The highest BCUT2D eigenvalue weighted by Crippen LogP contribution is 2.40. The molecular weight excluding hydrogens is 576 g/mol. The summed E-state index contributed by atoms with van der Waals surface area (Å²) < 4.78 is 39.7. The summed E-state index contributed by atoms with van der Waals surface area (Å²) in [6.07, 6.45) is 1.07. The number of carbonyl (C=O) groups is 4. The fraction of sp³-hybridized carbons (Fsp3) is 0.333. The molecule has 12 nitrogen and oxygen atoms in total. The average molecular weight is 609 g/mol. The molecule has 0 saturated carbocycles. The van der Waals surface area contributed by atoms with Crippen molar-refractivity contribution < 1.29 is 36.9 Å². The van der Waals surface area contributed by atoms with Crippen molar-refractivity contribution in [1.29, 1.82) is 0 Å². The number of nitrogens with one attached hydrogen (secondary N) is 2. The van der Waals surface area contributed by atoms with Gasteiger partial charge in [0.05, 0.1) is 0 Å². The number of Topliss-reactive ketones (excluding diaryl/α,β-unsaturated/α-hetero) is 1. The number of rotatable bonds is 10. The smallest absolute Gasteiger partial charge is 0.295 e. The molecule has 1 aliphatic heterocycles. The minimum absolute atomic E-state index is 0.105. The molecule has 1 fully saturated rings. The minimum Gasteiger partial charge on any atom is -0.483 e. The first-order chi connectivity index (χ1) is 20.5. The zero-order valence-corrected chi connectivity index (χ0v) is 24.3. The molecule has 0 aliphatic carbocycles. The van der Waals surface area contributed by atoms with E-state index in [2.05, 4.69) is 5.32 Å². The Labute approximate surface area is 247 Å². The molecular formula is C30H32N4O8S. The molecule has 1 atom stereocenters. The van der Waals surface area contributed by atoms with Crippen LogP contribution in [0.15, 0.2) is 53.4 Å². The topological polar surface area (TPSA) is 185 Å². The van der Waals surface area contributed by atoms with Gasteiger partial charge in [0.1, 0.15) is 22.5 Å². The van der Waals surface area contributed by atoms with Gasteiger partial charge in [-0.05, 0) is 60.5 Å². The summed E-state index contributed by atoms with van der Waals surface area (Å²) in [5.41, 5.74) is 2.01. The van der Waals surface area contributed by atoms with E-state index in [0.29, 0.717) is 47.8 Å². The van der Waals surface area contributed by atoms with E-state index >= 15 is 0 Å². The number of hydrogen-bond acceptors (Lipinski definition) is 8. The Morgan fingerprint density at radius 2 is 1.58 bits per heavy atom. The number of benzene rings is 4. The van der Waals surface area contributed by atoms with Crippen molar-refractivity contribution in [3.63, 3.8) is 0 Å². The third-order valence-corrected chi connectivity index (χ3v) is 8.90. The lowest BCUT2D eigenvalue weighted by atomic mass is 9.94. The molecule has 13 heteroatoms. The summed E-state index contributed by atoms with van der Waals surface area (Å²) in [5, 5.41) is 6.87. The number of nitrogens with zero attached hydrogens (tertiary/aromatic N) is 1. The summed E-state index contributed by atoms with van der Waals surface area (Å²) in [7, 11) is -4.44. The highest BCUT2D eigenvalue weighted by Gasteiger charge is 2.30. The van der Waals surface area contributed by atoms with Gasteiger partial charge in [-0.2, -0.15) is 8.42 Å². The van der Waals surface area contributed by atoms with E-state index in [4.69, 9.17) is 10.6 Å². The van der Waals surface area contributed by atoms with Crippen LogP contribution >= 0.6 is 0 Å². The number of nitrogens with two attached hydrogens (primary N) is 1. The van der Waals surface area contributed by atoms with Gasteiger partial charge in [-0.3, -0.25) is 24.4 Å². The summed E-state index contributed by atoms with van der Waals surface area (Å²) >= 11 is 0. The molecule has 1 saturated heterocycles. The van der Waals surface area contributed by atoms with E-state index in [9.17, 15) is 32.1 Å². The van der Waals surface area contributed by atoms with Crippen LogP contribution in [0.1, 0.15) is 32.6 Å². The van der Waals surface area contributed by atoms with Gasteiger partial charge in [0.25, 0.3) is 21.9 Å². The quantitative estimate of drug-likeness (QED) is 0.0689. The van der Waals surface area contributed by atoms with Gasteiger partial charge in [0, 0.05) is 41.6 Å². The van der Waals surface area contributed by atoms with Crippen molar-refractivity contribution in [3.05, 3.63) is 48.5 Å². The molecule has 4 aromatic carbocycles. The Morgan fingerprint density at radius 1 is 0.977 bits per heavy atom. The van der Waals surface area contributed by atoms with Crippen LogP contribution in [-0.2, 0) is 29.3 Å². The first-order valence-corrected chi connectivity index (χ1v) is 15.3. The maximum Gasteiger partial charge on any atom is 0.295 e. The zero-order chi connectivity index (χ0) is 30.9. The molecule has 1 heterocycles. The standard InChI is InChI=1S/C30H32N4O8S/c1-17(35)2-9-23(30(38)33-31)32-29(37)20-12-14-34(15-13-20)26(36)16-42-24-10-5-18-3-4-19-6-11-25(43(39,40)41)22-8-7-21(24)27(18)28(19)22/h3-8,10-11,20,23H,2,9,12-16,31H2,1H3,(H,32,37)(H,33,38)(H,39,40,41). The van der Waals surface area contributed by atoms with E-state index in [1.807, 2.05) is 23.6 Å². The second kappa shape index (κ2) is 12.1. The highest BCUT2D eigenvalue weighted by molar-refractivity contribution is 7.86. The Morgan fingerprint density at radius 3 is 2.21 bits per heavy atom. The van der Waals surface area contributed by atoms with Crippen LogP contribution in [0.3, 0.4) is 0 Å². The van der Waals surface area contributed by atoms with Crippen LogP contribution in [0.5, 0.6) is 5.75 Å². The summed E-state index contributed by atoms with van der Waals surface area (Å²) in [6.45, 7) is 1.83. The van der Waals surface area contributed by atoms with E-state index < -0.39 is 28.0 Å². The second-order valence-corrected chi connectivity index (χ2v) is 12.2. The molecule has 0 spiro atoms. The summed E-state index contributed by atoms with van der Waals surface area (Å²) in [6, 6.07) is 12.8. The largest absolute Gasteiger partial charge is 0.483 e. The first-order valence-electron chi connectivity index (χ1n) is 13.9. The average Bonchev–Trinajstić information content (AvgIpc) is 2.99. The van der Waals surface area contributed by atoms with E-state index in [-0.39, 0.29) is 41.9 Å². The van der Waals surface area contributed by atoms with Gasteiger partial charge < -0.3 is 19.7 Å². The predicted octanol–water partition coefficient (Wildman–Crippen LogP) is 2.29. The maximum atomic E-state index is 13.0. The maximum absolute atomic E-state index is 13.0. The summed E-state index contributed by atoms with van der Waals surface area (Å²) in [5.74, 6) is 4.01. The monoisotopic (exact) mass is 608 g/mol. The van der Waals surface area contributed by atoms with Gasteiger partial charge in [-0.1, -0.05) is 30.3 Å². The molecule has 0 radical (unpaired) electrons. The van der Waals surface area contributed by atoms with Crippen molar-refractivity contribution in [3.8, 4) is 5.75 Å². The molecule has 4 aromatic rings. The van der Waals surface area contributed by atoms with Crippen LogP contribution < -0.4 is 21.3 Å². The third-order valence-electron chi connectivity index (χ3n) is 7.99. The summed E-state index contributed by atoms with van der Waals surface area (Å²) in [4.78, 5) is 50.7. The predicted molar refractivity (Wildman–Crippen MR) is 159 cm³/mol. The molecule has 43 heavy (non-hydrogen) atoms. The molecule has 5 N–H and O–H groups in total. The molecule has 226 valence electrons. The van der Waals surface area contributed by atoms with E-state index in [1.165, 1.54) is 13.0 Å². The van der Waals surface area contributed by atoms with E-state index in [0.717, 1.165) is 16.2 Å². The second-order valence-electron chi connectivity index (χ2n) is 10.8. The number of likely N-dealkylation sites (tertiary alicyclic amines) is 1. The van der Waals surface area contributed by atoms with Crippen LogP contribution in [0.4, 0.5) is 0 Å². The van der Waals surface area contributed by atoms with Gasteiger partial charge in [-0.15, -0.1) is 0 Å². The molecule has 0 bridgehead atoms. The van der Waals surface area contributed by atoms with Gasteiger partial charge in [0.2, 0.25) is 5.91 Å². The Balaban J connectivity index is 1.25. The van der Waals surface area contributed by atoms with Crippen molar-refractivity contribution >= 4 is 65.9 Å². The van der Waals surface area contributed by atoms with E-state index in [1.54, 1.807) is 29.2 Å². The molecule has 0 aromatic heterocycles. The Hall–Kier alpha value is -4.33. The van der Waals surface area contributed by atoms with Crippen LogP contribution in [-0.4, -0.2) is 67.1 Å².